The second-order valence-corrected chi connectivity index (χ2v) is 10.1. The molecule has 4 rings (SSSR count). The quantitative estimate of drug-likeness (QED) is 0.542. The van der Waals surface area contributed by atoms with Crippen molar-refractivity contribution in [1.82, 2.24) is 19.6 Å². The van der Waals surface area contributed by atoms with Gasteiger partial charge in [-0.05, 0) is 30.5 Å². The van der Waals surface area contributed by atoms with Crippen molar-refractivity contribution in [3.8, 4) is 5.75 Å². The molecule has 1 saturated carbocycles. The Hall–Kier alpha value is -2.94. The van der Waals surface area contributed by atoms with Crippen LogP contribution in [-0.2, 0) is 24.6 Å². The number of nitrogens with zero attached hydrogens (tertiary/aromatic N) is 4. The Labute approximate surface area is 207 Å². The van der Waals surface area contributed by atoms with Gasteiger partial charge in [-0.3, -0.25) is 29.0 Å². The Morgan fingerprint density at radius 2 is 1.77 bits per heavy atom. The van der Waals surface area contributed by atoms with Crippen LogP contribution in [0.15, 0.2) is 24.3 Å². The molecule has 1 aromatic carbocycles. The summed E-state index contributed by atoms with van der Waals surface area (Å²) in [5, 5.41) is 0. The van der Waals surface area contributed by atoms with Gasteiger partial charge in [-0.15, -0.1) is 0 Å². The molecule has 0 bridgehead atoms. The Balaban J connectivity index is 1.54. The number of ether oxygens (including phenoxy) is 1. The van der Waals surface area contributed by atoms with Gasteiger partial charge in [0.1, 0.15) is 5.75 Å². The molecule has 1 atom stereocenters. The van der Waals surface area contributed by atoms with Crippen molar-refractivity contribution in [2.24, 2.45) is 0 Å². The smallest absolute Gasteiger partial charge is 0.241 e. The monoisotopic (exact) mass is 484 g/mol. The summed E-state index contributed by atoms with van der Waals surface area (Å²) in [7, 11) is 5.02. The van der Waals surface area contributed by atoms with E-state index in [1.54, 1.807) is 49.2 Å². The van der Waals surface area contributed by atoms with E-state index in [9.17, 15) is 19.2 Å². The van der Waals surface area contributed by atoms with E-state index in [2.05, 4.69) is 0 Å². The number of hydrogen-bond acceptors (Lipinski definition) is 6. The molecule has 0 aromatic heterocycles. The van der Waals surface area contributed by atoms with Crippen molar-refractivity contribution in [2.45, 2.75) is 50.0 Å². The highest BCUT2D eigenvalue weighted by molar-refractivity contribution is 6.11. The standard InChI is InChI=1S/C26H36N4O5/c1-27(2)24(33)18-28-11-13-29(14-12-28)22(31)16-26(19-7-6-10-21(15-19)35-3)17-23(32)30(25(26)34)20-8-4-5-9-20/h6-7,10,15,20H,4-5,8-9,11-14,16-18H2,1-3H3/t26-/m0/s1. The van der Waals surface area contributed by atoms with E-state index in [1.165, 1.54) is 4.90 Å². The lowest BCUT2D eigenvalue weighted by Crippen LogP contribution is -2.52. The third-order valence-electron chi connectivity index (χ3n) is 7.70. The average Bonchev–Trinajstić information content (AvgIpc) is 3.46. The van der Waals surface area contributed by atoms with Crippen LogP contribution < -0.4 is 4.74 Å². The fraction of sp³-hybridized carbons (Fsp3) is 0.615. The van der Waals surface area contributed by atoms with Crippen molar-refractivity contribution in [1.29, 1.82) is 0 Å². The number of rotatable bonds is 7. The minimum absolute atomic E-state index is 0.00145. The van der Waals surface area contributed by atoms with Crippen molar-refractivity contribution in [3.05, 3.63) is 29.8 Å². The van der Waals surface area contributed by atoms with Crippen LogP contribution in [0.5, 0.6) is 5.75 Å². The maximum Gasteiger partial charge on any atom is 0.241 e. The van der Waals surface area contributed by atoms with E-state index in [-0.39, 0.29) is 42.5 Å². The molecular formula is C26H36N4O5. The van der Waals surface area contributed by atoms with Gasteiger partial charge in [0.15, 0.2) is 0 Å². The van der Waals surface area contributed by atoms with Gasteiger partial charge in [-0.25, -0.2) is 0 Å². The minimum Gasteiger partial charge on any atom is -0.497 e. The zero-order valence-corrected chi connectivity index (χ0v) is 21.0. The summed E-state index contributed by atoms with van der Waals surface area (Å²) in [4.78, 5) is 59.5. The summed E-state index contributed by atoms with van der Waals surface area (Å²) in [5.74, 6) is 0.0356. The van der Waals surface area contributed by atoms with Crippen molar-refractivity contribution in [2.75, 3.05) is 53.9 Å². The molecule has 35 heavy (non-hydrogen) atoms. The molecule has 2 heterocycles. The molecule has 0 spiro atoms. The van der Waals surface area contributed by atoms with Gasteiger partial charge in [0.2, 0.25) is 23.6 Å². The third kappa shape index (κ3) is 5.05. The number of methoxy groups -OCH3 is 1. The predicted octanol–water partition coefficient (Wildman–Crippen LogP) is 1.26. The largest absolute Gasteiger partial charge is 0.497 e. The second-order valence-electron chi connectivity index (χ2n) is 10.1. The molecule has 1 aromatic rings. The fourth-order valence-corrected chi connectivity index (χ4v) is 5.54. The van der Waals surface area contributed by atoms with Crippen LogP contribution in [0.3, 0.4) is 0 Å². The zero-order valence-electron chi connectivity index (χ0n) is 21.0. The highest BCUT2D eigenvalue weighted by Crippen LogP contribution is 2.43. The van der Waals surface area contributed by atoms with E-state index >= 15 is 0 Å². The molecule has 4 amide bonds. The first-order valence-corrected chi connectivity index (χ1v) is 12.5. The number of likely N-dealkylation sites (tertiary alicyclic amines) is 1. The summed E-state index contributed by atoms with van der Waals surface area (Å²) < 4.78 is 5.39. The summed E-state index contributed by atoms with van der Waals surface area (Å²) >= 11 is 0. The van der Waals surface area contributed by atoms with Gasteiger partial charge in [-0.2, -0.15) is 0 Å². The number of piperazine rings is 1. The highest BCUT2D eigenvalue weighted by atomic mass is 16.5. The molecular weight excluding hydrogens is 448 g/mol. The van der Waals surface area contributed by atoms with Crippen molar-refractivity contribution in [3.63, 3.8) is 0 Å². The molecule has 9 nitrogen and oxygen atoms in total. The van der Waals surface area contributed by atoms with Crippen LogP contribution >= 0.6 is 0 Å². The van der Waals surface area contributed by atoms with Crippen LogP contribution in [0.1, 0.15) is 44.1 Å². The van der Waals surface area contributed by atoms with Crippen molar-refractivity contribution < 1.29 is 23.9 Å². The lowest BCUT2D eigenvalue weighted by molar-refractivity contribution is -0.145. The van der Waals surface area contributed by atoms with E-state index in [0.717, 1.165) is 25.7 Å². The van der Waals surface area contributed by atoms with Gasteiger partial charge in [0, 0.05) is 59.2 Å². The second kappa shape index (κ2) is 10.4. The topological polar surface area (TPSA) is 90.5 Å². The first kappa shape index (κ1) is 25.2. The minimum atomic E-state index is -1.22. The first-order chi connectivity index (χ1) is 16.7. The Morgan fingerprint density at radius 1 is 1.09 bits per heavy atom. The molecule has 1 aliphatic carbocycles. The molecule has 2 aliphatic heterocycles. The number of carbonyl (C=O) groups is 4. The van der Waals surface area contributed by atoms with Gasteiger partial charge in [-0.1, -0.05) is 25.0 Å². The van der Waals surface area contributed by atoms with Gasteiger partial charge >= 0.3 is 0 Å². The summed E-state index contributed by atoms with van der Waals surface area (Å²) in [6.07, 6.45) is 3.62. The van der Waals surface area contributed by atoms with E-state index in [4.69, 9.17) is 4.74 Å². The Kier molecular flexibility index (Phi) is 7.44. The third-order valence-corrected chi connectivity index (χ3v) is 7.70. The van der Waals surface area contributed by atoms with Crippen LogP contribution in [0.25, 0.3) is 0 Å². The molecule has 3 fully saturated rings. The predicted molar refractivity (Wildman–Crippen MR) is 130 cm³/mol. The van der Waals surface area contributed by atoms with E-state index in [1.807, 2.05) is 11.0 Å². The van der Waals surface area contributed by atoms with Gasteiger partial charge in [0.05, 0.1) is 19.1 Å². The summed E-state index contributed by atoms with van der Waals surface area (Å²) in [6, 6.07) is 7.13. The normalized spacial score (nSPS) is 23.7. The number of amides is 4. The Morgan fingerprint density at radius 3 is 2.40 bits per heavy atom. The molecule has 0 unspecified atom stereocenters. The van der Waals surface area contributed by atoms with E-state index in [0.29, 0.717) is 44.0 Å². The van der Waals surface area contributed by atoms with Gasteiger partial charge in [0.25, 0.3) is 0 Å². The molecule has 9 heteroatoms. The molecule has 0 radical (unpaired) electrons. The van der Waals surface area contributed by atoms with Crippen LogP contribution in [0.4, 0.5) is 0 Å². The summed E-state index contributed by atoms with van der Waals surface area (Å²) in [5.41, 5.74) is -0.567. The fourth-order valence-electron chi connectivity index (χ4n) is 5.54. The molecule has 2 saturated heterocycles. The molecule has 190 valence electrons. The van der Waals surface area contributed by atoms with Crippen LogP contribution in [0, 0.1) is 0 Å². The van der Waals surface area contributed by atoms with E-state index < -0.39 is 5.41 Å². The van der Waals surface area contributed by atoms with Crippen LogP contribution in [-0.4, -0.2) is 103 Å². The maximum atomic E-state index is 13.9. The number of carbonyl (C=O) groups excluding carboxylic acids is 4. The number of benzene rings is 1. The zero-order chi connectivity index (χ0) is 25.2. The molecule has 3 aliphatic rings. The number of hydrogen-bond donors (Lipinski definition) is 0. The maximum absolute atomic E-state index is 13.9. The van der Waals surface area contributed by atoms with Crippen LogP contribution in [0.2, 0.25) is 0 Å². The highest BCUT2D eigenvalue weighted by Gasteiger charge is 2.56. The molecule has 0 N–H and O–H groups in total. The Bertz CT molecular complexity index is 982. The lowest BCUT2D eigenvalue weighted by atomic mass is 9.75. The lowest BCUT2D eigenvalue weighted by Gasteiger charge is -2.37. The van der Waals surface area contributed by atoms with Crippen molar-refractivity contribution >= 4 is 23.6 Å². The number of likely N-dealkylation sites (N-methyl/N-ethyl adjacent to an activating group) is 1. The SMILES string of the molecule is COc1cccc([C@]2(CC(=O)N3CCN(CC(=O)N(C)C)CC3)CC(=O)N(C3CCCC3)C2=O)c1. The van der Waals surface area contributed by atoms with Gasteiger partial charge < -0.3 is 14.5 Å². The number of imide groups is 1. The summed E-state index contributed by atoms with van der Waals surface area (Å²) in [6.45, 7) is 2.49. The average molecular weight is 485 g/mol. The first-order valence-electron chi connectivity index (χ1n) is 12.5.